The Labute approximate surface area is 175 Å². The molecule has 0 aromatic carbocycles. The summed E-state index contributed by atoms with van der Waals surface area (Å²) >= 11 is 0.630. The number of ether oxygens (including phenoxy) is 2. The number of aliphatic hydroxyl groups is 2. The summed E-state index contributed by atoms with van der Waals surface area (Å²) in [7, 11) is 0. The second kappa shape index (κ2) is 8.56. The molecule has 3 N–H and O–H groups in total. The molecule has 176 valence electrons. The van der Waals surface area contributed by atoms with Crippen LogP contribution in [0.5, 0.6) is 0 Å². The molecule has 1 aromatic rings. The van der Waals surface area contributed by atoms with Gasteiger partial charge in [-0.25, -0.2) is 5.32 Å². The molecule has 0 saturated carbocycles. The third-order valence-electron chi connectivity index (χ3n) is 4.82. The first-order chi connectivity index (χ1) is 14.2. The molecule has 1 aliphatic heterocycles. The number of carbonyl (C=O) groups excluding carboxylic acids is 2. The summed E-state index contributed by atoms with van der Waals surface area (Å²) in [5.41, 5.74) is -9.19. The van der Waals surface area contributed by atoms with Gasteiger partial charge in [0.1, 0.15) is 11.8 Å². The number of piperidine rings is 1. The second-order valence-electron chi connectivity index (χ2n) is 6.65. The summed E-state index contributed by atoms with van der Waals surface area (Å²) in [6.45, 7) is 1.54. The molecule has 2 rings (SSSR count). The van der Waals surface area contributed by atoms with Crippen molar-refractivity contribution in [2.45, 2.75) is 43.6 Å². The van der Waals surface area contributed by atoms with Crippen molar-refractivity contribution in [3.63, 3.8) is 0 Å². The molecule has 0 amide bonds. The largest absolute Gasteiger partial charge is 0.466 e. The van der Waals surface area contributed by atoms with Gasteiger partial charge >= 0.3 is 24.3 Å². The molecule has 0 radical (unpaired) electrons. The maximum Gasteiger partial charge on any atom is 0.432 e. The average molecular weight is 479 g/mol. The van der Waals surface area contributed by atoms with Gasteiger partial charge in [0.2, 0.25) is 11.4 Å². The van der Waals surface area contributed by atoms with Crippen LogP contribution in [0.4, 0.5) is 26.3 Å². The van der Waals surface area contributed by atoms with Gasteiger partial charge in [-0.05, 0) is 25.3 Å². The monoisotopic (exact) mass is 479 g/mol. The molecule has 1 fully saturated rings. The van der Waals surface area contributed by atoms with Crippen LogP contribution >= 0.6 is 11.3 Å². The number of halogens is 6. The Bertz CT molecular complexity index is 752. The molecular formula is C17H19F6NO6S. The lowest BCUT2D eigenvalue weighted by Gasteiger charge is -2.53. The van der Waals surface area contributed by atoms with Crippen LogP contribution in [0.25, 0.3) is 0 Å². The summed E-state index contributed by atoms with van der Waals surface area (Å²) in [6.07, 6.45) is -11.8. The second-order valence-corrected chi connectivity index (χ2v) is 7.63. The fourth-order valence-electron chi connectivity index (χ4n) is 3.56. The quantitative estimate of drug-likeness (QED) is 0.440. The maximum atomic E-state index is 13.9. The lowest BCUT2D eigenvalue weighted by molar-refractivity contribution is -0.376. The van der Waals surface area contributed by atoms with Crippen molar-refractivity contribution in [2.75, 3.05) is 13.2 Å². The summed E-state index contributed by atoms with van der Waals surface area (Å²) in [6, 6.07) is 2.33. The lowest BCUT2D eigenvalue weighted by atomic mass is 9.66. The molecule has 2 heterocycles. The topological polar surface area (TPSA) is 105 Å². The summed E-state index contributed by atoms with van der Waals surface area (Å²) in [4.78, 5) is 24.7. The minimum Gasteiger partial charge on any atom is -0.466 e. The Hall–Kier alpha value is -1.90. The SMILES string of the molecule is CCOC(=O)[C@@H]1C(c2cccs2)[C@H](C(=O)OCC)[C@](O)(C(F)(F)F)N[C@@]1(O)C(F)(F)F. The minimum absolute atomic E-state index is 0.303. The molecule has 1 aliphatic rings. The molecule has 1 saturated heterocycles. The third-order valence-corrected chi connectivity index (χ3v) is 5.79. The third kappa shape index (κ3) is 4.25. The minimum atomic E-state index is -5.89. The van der Waals surface area contributed by atoms with Gasteiger partial charge in [-0.3, -0.25) is 9.59 Å². The van der Waals surface area contributed by atoms with E-state index in [2.05, 4.69) is 9.47 Å². The van der Waals surface area contributed by atoms with E-state index in [9.17, 15) is 46.1 Å². The standard InChI is InChI=1S/C17H19F6NO6S/c1-3-29-12(25)10-9(8-6-5-7-31-8)11(13(26)30-4-2)15(28,17(21,22)23)24-14(10,27)16(18,19)20/h5-7,9-11,24,27-28H,3-4H2,1-2H3/t9?,10-,11+,14-,15-/m0/s1. The number of rotatable bonds is 5. The molecule has 1 aromatic heterocycles. The van der Waals surface area contributed by atoms with Gasteiger partial charge in [0.15, 0.2) is 0 Å². The van der Waals surface area contributed by atoms with Crippen LogP contribution < -0.4 is 5.32 Å². The van der Waals surface area contributed by atoms with E-state index in [0.717, 1.165) is 11.4 Å². The zero-order chi connectivity index (χ0) is 23.8. The van der Waals surface area contributed by atoms with Gasteiger partial charge in [-0.1, -0.05) is 6.07 Å². The highest BCUT2D eigenvalue weighted by Crippen LogP contribution is 2.56. The fourth-order valence-corrected chi connectivity index (χ4v) is 4.46. The highest BCUT2D eigenvalue weighted by Gasteiger charge is 2.78. The summed E-state index contributed by atoms with van der Waals surface area (Å²) < 4.78 is 92.5. The van der Waals surface area contributed by atoms with Crippen LogP contribution in [-0.2, 0) is 19.1 Å². The molecule has 5 atom stereocenters. The molecule has 7 nitrogen and oxygen atoms in total. The van der Waals surface area contributed by atoms with Crippen molar-refractivity contribution >= 4 is 23.3 Å². The van der Waals surface area contributed by atoms with Gasteiger partial charge in [-0.15, -0.1) is 11.3 Å². The zero-order valence-corrected chi connectivity index (χ0v) is 16.9. The number of hydrogen-bond acceptors (Lipinski definition) is 8. The number of hydrogen-bond donors (Lipinski definition) is 3. The van der Waals surface area contributed by atoms with Crippen molar-refractivity contribution in [1.82, 2.24) is 5.32 Å². The Morgan fingerprint density at radius 2 is 1.42 bits per heavy atom. The first-order valence-electron chi connectivity index (χ1n) is 8.89. The highest BCUT2D eigenvalue weighted by atomic mass is 32.1. The van der Waals surface area contributed by atoms with E-state index < -0.39 is 66.7 Å². The van der Waals surface area contributed by atoms with E-state index in [1.807, 2.05) is 0 Å². The Morgan fingerprint density at radius 3 is 1.71 bits per heavy atom. The fraction of sp³-hybridized carbons (Fsp3) is 0.647. The van der Waals surface area contributed by atoms with Gasteiger partial charge in [-0.2, -0.15) is 26.3 Å². The number of nitrogens with one attached hydrogen (secondary N) is 1. The zero-order valence-electron chi connectivity index (χ0n) is 16.1. The number of esters is 2. The summed E-state index contributed by atoms with van der Waals surface area (Å²) in [5, 5.41) is 22.8. The molecule has 31 heavy (non-hydrogen) atoms. The average Bonchev–Trinajstić information content (AvgIpc) is 3.13. The molecule has 0 aliphatic carbocycles. The van der Waals surface area contributed by atoms with E-state index in [4.69, 9.17) is 0 Å². The maximum absolute atomic E-state index is 13.9. The van der Waals surface area contributed by atoms with E-state index >= 15 is 0 Å². The normalized spacial score (nSPS) is 31.9. The molecular weight excluding hydrogens is 460 g/mol. The van der Waals surface area contributed by atoms with Gasteiger partial charge in [0, 0.05) is 10.8 Å². The van der Waals surface area contributed by atoms with Crippen LogP contribution in [0.1, 0.15) is 24.6 Å². The Balaban J connectivity index is 2.89. The van der Waals surface area contributed by atoms with E-state index in [-0.39, 0.29) is 4.88 Å². The molecule has 0 spiro atoms. The lowest BCUT2D eigenvalue weighted by Crippen LogP contribution is -2.81. The van der Waals surface area contributed by atoms with Crippen LogP contribution in [0.2, 0.25) is 0 Å². The number of alkyl halides is 6. The van der Waals surface area contributed by atoms with Crippen molar-refractivity contribution in [3.05, 3.63) is 22.4 Å². The predicted octanol–water partition coefficient (Wildman–Crippen LogP) is 2.30. The Kier molecular flexibility index (Phi) is 7.00. The molecule has 0 bridgehead atoms. The van der Waals surface area contributed by atoms with E-state index in [0.29, 0.717) is 11.3 Å². The molecule has 1 unspecified atom stereocenters. The van der Waals surface area contributed by atoms with Crippen molar-refractivity contribution < 1.29 is 55.6 Å². The molecule has 14 heteroatoms. The van der Waals surface area contributed by atoms with Gasteiger partial charge in [0.05, 0.1) is 13.2 Å². The number of thiophene rings is 1. The van der Waals surface area contributed by atoms with Gasteiger partial charge < -0.3 is 19.7 Å². The van der Waals surface area contributed by atoms with Crippen LogP contribution in [0.3, 0.4) is 0 Å². The van der Waals surface area contributed by atoms with Crippen LogP contribution in [0, 0.1) is 11.8 Å². The van der Waals surface area contributed by atoms with Crippen molar-refractivity contribution in [2.24, 2.45) is 11.8 Å². The number of carbonyl (C=O) groups is 2. The van der Waals surface area contributed by atoms with Gasteiger partial charge in [0.25, 0.3) is 0 Å². The first kappa shape index (κ1) is 25.4. The van der Waals surface area contributed by atoms with E-state index in [1.165, 1.54) is 25.3 Å². The van der Waals surface area contributed by atoms with Crippen molar-refractivity contribution in [3.8, 4) is 0 Å². The van der Waals surface area contributed by atoms with Crippen LogP contribution in [0.15, 0.2) is 17.5 Å². The predicted molar refractivity (Wildman–Crippen MR) is 92.5 cm³/mol. The van der Waals surface area contributed by atoms with E-state index in [1.54, 1.807) is 0 Å². The smallest absolute Gasteiger partial charge is 0.432 e. The Morgan fingerprint density at radius 1 is 1.00 bits per heavy atom. The highest BCUT2D eigenvalue weighted by molar-refractivity contribution is 7.10. The summed E-state index contributed by atoms with van der Waals surface area (Å²) in [5.74, 6) is -11.3. The van der Waals surface area contributed by atoms with Crippen molar-refractivity contribution in [1.29, 1.82) is 0 Å². The van der Waals surface area contributed by atoms with Crippen LogP contribution in [-0.4, -0.2) is 59.2 Å². The first-order valence-corrected chi connectivity index (χ1v) is 9.77.